The summed E-state index contributed by atoms with van der Waals surface area (Å²) in [7, 11) is 1.75. The van der Waals surface area contributed by atoms with Gasteiger partial charge >= 0.3 is 5.97 Å². The van der Waals surface area contributed by atoms with Crippen LogP contribution in [0.4, 0.5) is 0 Å². The highest BCUT2D eigenvalue weighted by molar-refractivity contribution is 5.94. The van der Waals surface area contributed by atoms with Gasteiger partial charge in [0.15, 0.2) is 0 Å². The van der Waals surface area contributed by atoms with Gasteiger partial charge in [-0.25, -0.2) is 4.79 Å². The van der Waals surface area contributed by atoms with E-state index >= 15 is 0 Å². The highest BCUT2D eigenvalue weighted by Crippen LogP contribution is 1.99. The Hall–Kier alpha value is -2.11. The number of hydrogen-bond acceptors (Lipinski definition) is 3. The van der Waals surface area contributed by atoms with Gasteiger partial charge in [-0.15, -0.1) is 0 Å². The SMILES string of the molecule is CC[C@H](NC(=O)/C=C/c1ccnn1C)C(=O)O. The molecule has 92 valence electrons. The number of aliphatic carboxylic acids is 1. The zero-order valence-electron chi connectivity index (χ0n) is 9.75. The molecule has 6 nitrogen and oxygen atoms in total. The summed E-state index contributed by atoms with van der Waals surface area (Å²) < 4.78 is 1.61. The van der Waals surface area contributed by atoms with Gasteiger partial charge in [-0.05, 0) is 18.6 Å². The van der Waals surface area contributed by atoms with E-state index in [1.54, 1.807) is 37.0 Å². The Morgan fingerprint density at radius 1 is 1.65 bits per heavy atom. The number of aromatic nitrogens is 2. The Kier molecular flexibility index (Phi) is 4.45. The number of hydrogen-bond donors (Lipinski definition) is 2. The predicted octanol–water partition coefficient (Wildman–Crippen LogP) is 0.413. The quantitative estimate of drug-likeness (QED) is 0.726. The van der Waals surface area contributed by atoms with Crippen molar-refractivity contribution >= 4 is 18.0 Å². The Bertz CT molecular complexity index is 437. The van der Waals surface area contributed by atoms with Crippen LogP contribution in [0.1, 0.15) is 19.0 Å². The maximum Gasteiger partial charge on any atom is 0.326 e. The maximum atomic E-state index is 11.4. The molecular formula is C11H15N3O3. The highest BCUT2D eigenvalue weighted by atomic mass is 16.4. The third-order valence-electron chi connectivity index (χ3n) is 2.29. The molecule has 0 aliphatic carbocycles. The fraction of sp³-hybridized carbons (Fsp3) is 0.364. The van der Waals surface area contributed by atoms with E-state index in [-0.39, 0.29) is 0 Å². The van der Waals surface area contributed by atoms with Gasteiger partial charge in [-0.2, -0.15) is 5.10 Å². The van der Waals surface area contributed by atoms with Gasteiger partial charge in [0.1, 0.15) is 6.04 Å². The van der Waals surface area contributed by atoms with Crippen LogP contribution in [0.2, 0.25) is 0 Å². The number of carboxylic acid groups (broad SMARTS) is 1. The minimum absolute atomic E-state index is 0.348. The molecule has 0 saturated carbocycles. The lowest BCUT2D eigenvalue weighted by molar-refractivity contribution is -0.141. The third kappa shape index (κ3) is 3.75. The van der Waals surface area contributed by atoms with Crippen LogP contribution in [-0.4, -0.2) is 32.8 Å². The number of nitrogens with zero attached hydrogens (tertiary/aromatic N) is 2. The van der Waals surface area contributed by atoms with Crippen LogP contribution >= 0.6 is 0 Å². The summed E-state index contributed by atoms with van der Waals surface area (Å²) in [5.74, 6) is -1.46. The smallest absolute Gasteiger partial charge is 0.326 e. The number of rotatable bonds is 5. The number of carbonyl (C=O) groups excluding carboxylic acids is 1. The molecule has 0 unspecified atom stereocenters. The summed E-state index contributed by atoms with van der Waals surface area (Å²) in [6, 6.07) is 0.900. The monoisotopic (exact) mass is 237 g/mol. The van der Waals surface area contributed by atoms with E-state index < -0.39 is 17.9 Å². The number of nitrogens with one attached hydrogen (secondary N) is 1. The van der Waals surface area contributed by atoms with Gasteiger partial charge < -0.3 is 10.4 Å². The normalized spacial score (nSPS) is 12.6. The minimum atomic E-state index is -1.03. The van der Waals surface area contributed by atoms with Crippen LogP contribution in [0.3, 0.4) is 0 Å². The van der Waals surface area contributed by atoms with Gasteiger partial charge in [0.2, 0.25) is 5.91 Å². The lowest BCUT2D eigenvalue weighted by atomic mass is 10.2. The fourth-order valence-corrected chi connectivity index (χ4v) is 1.27. The lowest BCUT2D eigenvalue weighted by Gasteiger charge is -2.09. The largest absolute Gasteiger partial charge is 0.480 e. The summed E-state index contributed by atoms with van der Waals surface area (Å²) in [4.78, 5) is 22.1. The Morgan fingerprint density at radius 2 is 2.35 bits per heavy atom. The summed E-state index contributed by atoms with van der Waals surface area (Å²) in [5, 5.41) is 15.1. The van der Waals surface area contributed by atoms with Crippen molar-refractivity contribution in [1.82, 2.24) is 15.1 Å². The molecule has 17 heavy (non-hydrogen) atoms. The van der Waals surface area contributed by atoms with Crippen LogP contribution in [0.15, 0.2) is 18.3 Å². The topological polar surface area (TPSA) is 84.2 Å². The van der Waals surface area contributed by atoms with Crippen molar-refractivity contribution in [1.29, 1.82) is 0 Å². The molecule has 1 heterocycles. The molecule has 0 aromatic carbocycles. The zero-order valence-corrected chi connectivity index (χ0v) is 9.75. The maximum absolute atomic E-state index is 11.4. The molecule has 0 radical (unpaired) electrons. The van der Waals surface area contributed by atoms with Gasteiger partial charge in [0.05, 0.1) is 5.69 Å². The zero-order chi connectivity index (χ0) is 12.8. The molecule has 1 aromatic heterocycles. The molecule has 1 aromatic rings. The number of carboxylic acids is 1. The van der Waals surface area contributed by atoms with Crippen molar-refractivity contribution in [3.63, 3.8) is 0 Å². The summed E-state index contributed by atoms with van der Waals surface area (Å²) in [6.07, 6.45) is 4.84. The van der Waals surface area contributed by atoms with Crippen molar-refractivity contribution < 1.29 is 14.7 Å². The van der Waals surface area contributed by atoms with Crippen LogP contribution < -0.4 is 5.32 Å². The van der Waals surface area contributed by atoms with Crippen LogP contribution in [0.25, 0.3) is 6.08 Å². The van der Waals surface area contributed by atoms with Gasteiger partial charge in [-0.3, -0.25) is 9.48 Å². The second-order valence-electron chi connectivity index (χ2n) is 3.52. The molecule has 0 saturated heterocycles. The van der Waals surface area contributed by atoms with Crippen LogP contribution in [-0.2, 0) is 16.6 Å². The molecule has 0 fully saturated rings. The number of aryl methyl sites for hydroxylation is 1. The predicted molar refractivity (Wildman–Crippen MR) is 62.1 cm³/mol. The molecule has 0 bridgehead atoms. The third-order valence-corrected chi connectivity index (χ3v) is 2.29. The van der Waals surface area contributed by atoms with E-state index in [4.69, 9.17) is 5.11 Å². The molecule has 6 heteroatoms. The molecule has 0 aliphatic heterocycles. The van der Waals surface area contributed by atoms with Crippen molar-refractivity contribution in [2.24, 2.45) is 7.05 Å². The second kappa shape index (κ2) is 5.83. The van der Waals surface area contributed by atoms with E-state index in [1.165, 1.54) is 6.08 Å². The van der Waals surface area contributed by atoms with Gasteiger partial charge in [0.25, 0.3) is 0 Å². The van der Waals surface area contributed by atoms with Gasteiger partial charge in [-0.1, -0.05) is 6.92 Å². The lowest BCUT2D eigenvalue weighted by Crippen LogP contribution is -2.39. The molecular weight excluding hydrogens is 222 g/mol. The van der Waals surface area contributed by atoms with E-state index in [0.717, 1.165) is 5.69 Å². The van der Waals surface area contributed by atoms with E-state index in [0.29, 0.717) is 6.42 Å². The number of carbonyl (C=O) groups is 2. The minimum Gasteiger partial charge on any atom is -0.480 e. The van der Waals surface area contributed by atoms with Crippen LogP contribution in [0, 0.1) is 0 Å². The highest BCUT2D eigenvalue weighted by Gasteiger charge is 2.15. The van der Waals surface area contributed by atoms with Crippen LogP contribution in [0.5, 0.6) is 0 Å². The first-order valence-electron chi connectivity index (χ1n) is 5.24. The molecule has 0 spiro atoms. The average molecular weight is 237 g/mol. The standard InChI is InChI=1S/C11H15N3O3/c1-3-9(11(16)17)13-10(15)5-4-8-6-7-12-14(8)2/h4-7,9H,3H2,1-2H3,(H,13,15)(H,16,17)/b5-4+/t9-/m0/s1. The summed E-state index contributed by atoms with van der Waals surface area (Å²) in [5.41, 5.74) is 0.767. The average Bonchev–Trinajstić information content (AvgIpc) is 2.68. The van der Waals surface area contributed by atoms with Crippen molar-refractivity contribution in [3.8, 4) is 0 Å². The first kappa shape index (κ1) is 13.0. The Morgan fingerprint density at radius 3 is 2.82 bits per heavy atom. The number of amides is 1. The molecule has 1 amide bonds. The Balaban J connectivity index is 2.58. The van der Waals surface area contributed by atoms with Gasteiger partial charge in [0, 0.05) is 19.3 Å². The fourth-order valence-electron chi connectivity index (χ4n) is 1.27. The van der Waals surface area contributed by atoms with Crippen molar-refractivity contribution in [3.05, 3.63) is 24.0 Å². The first-order chi connectivity index (χ1) is 8.04. The molecule has 2 N–H and O–H groups in total. The molecule has 0 aliphatic rings. The summed E-state index contributed by atoms with van der Waals surface area (Å²) >= 11 is 0. The first-order valence-corrected chi connectivity index (χ1v) is 5.24. The summed E-state index contributed by atoms with van der Waals surface area (Å²) in [6.45, 7) is 1.70. The van der Waals surface area contributed by atoms with Crippen molar-refractivity contribution in [2.75, 3.05) is 0 Å². The van der Waals surface area contributed by atoms with Crippen molar-refractivity contribution in [2.45, 2.75) is 19.4 Å². The Labute approximate surface area is 98.9 Å². The molecule has 1 atom stereocenters. The second-order valence-corrected chi connectivity index (χ2v) is 3.52. The molecule has 1 rings (SSSR count). The van der Waals surface area contributed by atoms with E-state index in [9.17, 15) is 9.59 Å². The van der Waals surface area contributed by atoms with E-state index in [1.807, 2.05) is 0 Å². The van der Waals surface area contributed by atoms with E-state index in [2.05, 4.69) is 10.4 Å².